The maximum atomic E-state index is 14.4. The molecule has 0 spiro atoms. The number of amides is 4. The summed E-state index contributed by atoms with van der Waals surface area (Å²) in [5, 5.41) is 39.0. The van der Waals surface area contributed by atoms with E-state index in [9.17, 15) is 39.3 Å². The summed E-state index contributed by atoms with van der Waals surface area (Å²) in [6.07, 6.45) is 2.56. The first-order chi connectivity index (χ1) is 37.8. The molecule has 3 unspecified atom stereocenters. The van der Waals surface area contributed by atoms with Crippen LogP contribution in [0, 0.1) is 0 Å². The standard InChI is InChI=1S/C57H74N4O17/c1-7-40(38-31-47(71-3)52(73-5)48(32-38)72-4)56(67)61-23-21-37(30-44(61)57(68)69)51-36(17-19-46(70-2)53(51)74-6)13-8-11-35-12-9-14-39(29-35)78-34-50(64)58-22-24-75-25-26-76-27-28-77-45-16-10-15-41(42(45)33-62)54(65)59-43-18-20-49(63)60-55(43)66/h9-10,12,14-17,19,29,31-32,37,40,43-44,50,58,62,64H,7-8,11,13,18,20-28,30,33-34H2,1-6H3,(H,59,65)(H,68,69)(H,60,63,66)/t37?,40-,43?,44-,50?/m0/s1. The summed E-state index contributed by atoms with van der Waals surface area (Å²) in [5.74, 6) is -0.617. The zero-order valence-corrected chi connectivity index (χ0v) is 45.3. The van der Waals surface area contributed by atoms with Gasteiger partial charge in [-0.25, -0.2) is 4.79 Å². The number of nitrogens with zero attached hydrogens (tertiary/aromatic N) is 1. The molecule has 0 saturated carbocycles. The molecule has 78 heavy (non-hydrogen) atoms. The number of hydrogen-bond acceptors (Lipinski definition) is 17. The zero-order valence-electron chi connectivity index (χ0n) is 45.3. The first kappa shape index (κ1) is 60.1. The average Bonchev–Trinajstić information content (AvgIpc) is 3.51. The van der Waals surface area contributed by atoms with Crippen LogP contribution in [-0.2, 0) is 48.1 Å². The van der Waals surface area contributed by atoms with E-state index in [4.69, 9.17) is 42.6 Å². The van der Waals surface area contributed by atoms with Crippen molar-refractivity contribution in [2.24, 2.45) is 0 Å². The summed E-state index contributed by atoms with van der Waals surface area (Å²) in [5.41, 5.74) is 3.96. The number of likely N-dealkylation sites (tertiary alicyclic amines) is 1. The van der Waals surface area contributed by atoms with Crippen LogP contribution in [0.25, 0.3) is 0 Å². The fourth-order valence-electron chi connectivity index (χ4n) is 9.92. The van der Waals surface area contributed by atoms with Gasteiger partial charge in [-0.3, -0.25) is 29.8 Å². The number of nitrogens with one attached hydrogen (secondary N) is 3. The molecule has 4 amide bonds. The molecule has 21 nitrogen and oxygen atoms in total. The Hall–Kier alpha value is -7.17. The molecule has 2 aliphatic heterocycles. The van der Waals surface area contributed by atoms with E-state index in [1.165, 1.54) is 32.3 Å². The van der Waals surface area contributed by atoms with Crippen LogP contribution < -0.4 is 49.1 Å². The molecule has 0 aromatic heterocycles. The predicted molar refractivity (Wildman–Crippen MR) is 285 cm³/mol. The first-order valence-corrected chi connectivity index (χ1v) is 26.1. The van der Waals surface area contributed by atoms with Crippen LogP contribution in [0.4, 0.5) is 0 Å². The van der Waals surface area contributed by atoms with E-state index in [1.807, 2.05) is 43.3 Å². The van der Waals surface area contributed by atoms with E-state index in [0.29, 0.717) is 91.3 Å². The fraction of sp³-hybridized carbons (Fsp3) is 0.491. The van der Waals surface area contributed by atoms with Crippen molar-refractivity contribution in [2.75, 3.05) is 88.3 Å². The van der Waals surface area contributed by atoms with Gasteiger partial charge in [-0.1, -0.05) is 31.2 Å². The highest BCUT2D eigenvalue weighted by atomic mass is 16.5. The lowest BCUT2D eigenvalue weighted by Gasteiger charge is -2.40. The third-order valence-electron chi connectivity index (χ3n) is 13.8. The number of aliphatic hydroxyl groups excluding tert-OH is 2. The highest BCUT2D eigenvalue weighted by molar-refractivity contribution is 6.04. The van der Waals surface area contributed by atoms with E-state index in [1.54, 1.807) is 38.5 Å². The van der Waals surface area contributed by atoms with Gasteiger partial charge in [0.25, 0.3) is 5.91 Å². The Morgan fingerprint density at radius 1 is 0.782 bits per heavy atom. The largest absolute Gasteiger partial charge is 0.493 e. The fourth-order valence-corrected chi connectivity index (χ4v) is 9.92. The Labute approximate surface area is 454 Å². The Morgan fingerprint density at radius 3 is 2.15 bits per heavy atom. The monoisotopic (exact) mass is 1090 g/mol. The molecule has 4 aromatic rings. The smallest absolute Gasteiger partial charge is 0.326 e. The number of carboxylic acid groups (broad SMARTS) is 1. The number of piperidine rings is 2. The molecular weight excluding hydrogens is 1010 g/mol. The summed E-state index contributed by atoms with van der Waals surface area (Å²) >= 11 is 0. The topological polar surface area (TPSA) is 268 Å². The lowest BCUT2D eigenvalue weighted by atomic mass is 9.80. The van der Waals surface area contributed by atoms with Crippen LogP contribution in [-0.4, -0.2) is 156 Å². The Bertz CT molecular complexity index is 2640. The third kappa shape index (κ3) is 15.7. The molecule has 2 saturated heterocycles. The second-order valence-corrected chi connectivity index (χ2v) is 18.7. The number of carboxylic acids is 1. The normalized spacial score (nSPS) is 17.1. The number of methoxy groups -OCH3 is 5. The molecule has 6 N–H and O–H groups in total. The van der Waals surface area contributed by atoms with Crippen molar-refractivity contribution in [1.29, 1.82) is 0 Å². The highest BCUT2D eigenvalue weighted by Crippen LogP contribution is 2.46. The molecule has 0 aliphatic carbocycles. The van der Waals surface area contributed by atoms with Gasteiger partial charge < -0.3 is 68.2 Å². The van der Waals surface area contributed by atoms with Crippen molar-refractivity contribution >= 4 is 29.6 Å². The summed E-state index contributed by atoms with van der Waals surface area (Å²) in [4.78, 5) is 65.4. The van der Waals surface area contributed by atoms with E-state index in [2.05, 4.69) is 16.0 Å². The van der Waals surface area contributed by atoms with Crippen molar-refractivity contribution in [2.45, 2.75) is 95.0 Å². The van der Waals surface area contributed by atoms with Crippen molar-refractivity contribution in [3.05, 3.63) is 100 Å². The second-order valence-electron chi connectivity index (χ2n) is 18.7. The van der Waals surface area contributed by atoms with Crippen LogP contribution in [0.15, 0.2) is 66.7 Å². The van der Waals surface area contributed by atoms with Gasteiger partial charge in [0.15, 0.2) is 23.0 Å². The van der Waals surface area contributed by atoms with Gasteiger partial charge in [0.1, 0.15) is 43.0 Å². The molecule has 4 aromatic carbocycles. The second kappa shape index (κ2) is 30.1. The van der Waals surface area contributed by atoms with E-state index in [0.717, 1.165) is 23.1 Å². The SMILES string of the molecule is CC[C@H](C(=O)N1CCC(c2c(CCCc3cccc(OCC(O)NCCOCCOCCOc4cccc(C(=O)NC5CCC(=O)NC5=O)c4CO)c3)ccc(OC)c2OC)C[C@H]1C(=O)O)c1cc(OC)c(OC)c(OC)c1. The average molecular weight is 1090 g/mol. The number of rotatable bonds is 31. The van der Waals surface area contributed by atoms with Gasteiger partial charge in [0, 0.05) is 36.2 Å². The molecule has 0 bridgehead atoms. The lowest BCUT2D eigenvalue weighted by Crippen LogP contribution is -2.52. The first-order valence-electron chi connectivity index (χ1n) is 26.1. The number of carbonyl (C=O) groups excluding carboxylic acids is 4. The summed E-state index contributed by atoms with van der Waals surface area (Å²) in [6.45, 7) is 3.20. The Balaban J connectivity index is 0.925. The van der Waals surface area contributed by atoms with Crippen LogP contribution in [0.3, 0.4) is 0 Å². The van der Waals surface area contributed by atoms with E-state index < -0.39 is 54.5 Å². The van der Waals surface area contributed by atoms with Crippen LogP contribution in [0.1, 0.15) is 95.5 Å². The molecule has 2 aliphatic rings. The van der Waals surface area contributed by atoms with E-state index >= 15 is 0 Å². The minimum atomic E-state index is -1.09. The maximum absolute atomic E-state index is 14.4. The van der Waals surface area contributed by atoms with Crippen molar-refractivity contribution in [3.8, 4) is 40.2 Å². The number of imide groups is 1. The van der Waals surface area contributed by atoms with Crippen molar-refractivity contribution in [1.82, 2.24) is 20.9 Å². The third-order valence-corrected chi connectivity index (χ3v) is 13.8. The number of ether oxygens (including phenoxy) is 9. The Kier molecular flexibility index (Phi) is 23.2. The zero-order chi connectivity index (χ0) is 56.1. The predicted octanol–water partition coefficient (Wildman–Crippen LogP) is 4.68. The highest BCUT2D eigenvalue weighted by Gasteiger charge is 2.41. The van der Waals surface area contributed by atoms with Crippen LogP contribution in [0.5, 0.6) is 40.2 Å². The van der Waals surface area contributed by atoms with Crippen molar-refractivity contribution in [3.63, 3.8) is 0 Å². The molecule has 0 radical (unpaired) electrons. The molecule has 424 valence electrons. The number of hydrogen-bond donors (Lipinski definition) is 6. The number of aliphatic hydroxyl groups is 2. The number of benzene rings is 4. The summed E-state index contributed by atoms with van der Waals surface area (Å²) in [7, 11) is 7.66. The van der Waals surface area contributed by atoms with Gasteiger partial charge in [0.05, 0.1) is 74.5 Å². The summed E-state index contributed by atoms with van der Waals surface area (Å²) < 4.78 is 51.2. The Morgan fingerprint density at radius 2 is 1.49 bits per heavy atom. The minimum Gasteiger partial charge on any atom is -0.493 e. The van der Waals surface area contributed by atoms with Crippen LogP contribution >= 0.6 is 0 Å². The van der Waals surface area contributed by atoms with Gasteiger partial charge in [0.2, 0.25) is 23.5 Å². The van der Waals surface area contributed by atoms with Gasteiger partial charge in [-0.15, -0.1) is 0 Å². The number of aliphatic carboxylic acids is 1. The molecule has 5 atom stereocenters. The van der Waals surface area contributed by atoms with E-state index in [-0.39, 0.29) is 75.2 Å². The maximum Gasteiger partial charge on any atom is 0.326 e. The lowest BCUT2D eigenvalue weighted by molar-refractivity contribution is -0.153. The molecule has 6 rings (SSSR count). The summed E-state index contributed by atoms with van der Waals surface area (Å²) in [6, 6.07) is 17.8. The molecule has 21 heteroatoms. The van der Waals surface area contributed by atoms with Gasteiger partial charge in [-0.2, -0.15) is 0 Å². The van der Waals surface area contributed by atoms with Gasteiger partial charge >= 0.3 is 5.97 Å². The molecule has 2 fully saturated rings. The molecule has 2 heterocycles. The quantitative estimate of drug-likeness (QED) is 0.0227. The molecular formula is C57H74N4O17. The minimum absolute atomic E-state index is 0.00118. The number of aryl methyl sites for hydroxylation is 2. The van der Waals surface area contributed by atoms with Crippen LogP contribution in [0.2, 0.25) is 0 Å². The van der Waals surface area contributed by atoms with Gasteiger partial charge in [-0.05, 0) is 110 Å². The number of carbonyl (C=O) groups is 5. The van der Waals surface area contributed by atoms with Crippen molar-refractivity contribution < 1.29 is 81.9 Å².